The van der Waals surface area contributed by atoms with Crippen molar-refractivity contribution in [2.24, 2.45) is 4.36 Å². The van der Waals surface area contributed by atoms with Gasteiger partial charge in [0.1, 0.15) is 5.69 Å². The highest BCUT2D eigenvalue weighted by Gasteiger charge is 2.35. The molecule has 0 aliphatic heterocycles. The quantitative estimate of drug-likeness (QED) is 0.635. The summed E-state index contributed by atoms with van der Waals surface area (Å²) < 4.78 is 55.3. The Hall–Kier alpha value is -1.98. The van der Waals surface area contributed by atoms with Gasteiger partial charge in [-0.25, -0.2) is 14.0 Å². The standard InChI is InChI=1S/C17H18F3N3O3S2/c1-16(2,25)9-6-14(27-8-9)28(26)23-15(24)22-12-7-13(17(18,19)20)21-11-5-3-4-10(11)12/h6-8,25,28H,3-5H2,1-2H3,(H,21,22,24). The highest BCUT2D eigenvalue weighted by atomic mass is 32.2. The van der Waals surface area contributed by atoms with Crippen LogP contribution in [-0.2, 0) is 35.2 Å². The number of fused-ring (bicyclic) bond motifs is 1. The predicted molar refractivity (Wildman–Crippen MR) is 100 cm³/mol. The summed E-state index contributed by atoms with van der Waals surface area (Å²) in [6.07, 6.45) is -3.08. The Morgan fingerprint density at radius 3 is 2.64 bits per heavy atom. The maximum Gasteiger partial charge on any atom is 0.433 e. The van der Waals surface area contributed by atoms with Gasteiger partial charge in [-0.15, -0.1) is 15.7 Å². The first-order chi connectivity index (χ1) is 12.9. The summed E-state index contributed by atoms with van der Waals surface area (Å²) in [5, 5.41) is 13.9. The molecule has 1 unspecified atom stereocenters. The average molecular weight is 433 g/mol. The minimum atomic E-state index is -4.64. The zero-order valence-electron chi connectivity index (χ0n) is 15.0. The van der Waals surface area contributed by atoms with E-state index in [0.29, 0.717) is 40.3 Å². The summed E-state index contributed by atoms with van der Waals surface area (Å²) in [6, 6.07) is 1.28. The number of nitrogens with one attached hydrogen (secondary N) is 1. The molecule has 0 aromatic carbocycles. The van der Waals surface area contributed by atoms with Gasteiger partial charge in [-0.3, -0.25) is 0 Å². The van der Waals surface area contributed by atoms with Crippen LogP contribution >= 0.6 is 11.3 Å². The largest absolute Gasteiger partial charge is 0.433 e. The number of anilines is 1. The Morgan fingerprint density at radius 1 is 1.32 bits per heavy atom. The van der Waals surface area contributed by atoms with Crippen LogP contribution < -0.4 is 5.32 Å². The van der Waals surface area contributed by atoms with E-state index in [-0.39, 0.29) is 5.69 Å². The topological polar surface area (TPSA) is 91.6 Å². The summed E-state index contributed by atoms with van der Waals surface area (Å²) in [5.41, 5.74) is -0.821. The smallest absolute Gasteiger partial charge is 0.386 e. The van der Waals surface area contributed by atoms with Gasteiger partial charge in [0.05, 0.1) is 20.4 Å². The third kappa shape index (κ3) is 4.53. The van der Waals surface area contributed by atoms with E-state index < -0.39 is 34.1 Å². The van der Waals surface area contributed by atoms with Gasteiger partial charge < -0.3 is 10.4 Å². The summed E-state index contributed by atoms with van der Waals surface area (Å²) in [6.45, 7) is 3.13. The SMILES string of the molecule is CC(C)(O)c1csc(/[SH](=O)=N/C(=O)Nc2cc(C(F)(F)F)nc3c2CCC3)c1. The number of pyridine rings is 1. The summed E-state index contributed by atoms with van der Waals surface area (Å²) in [5.74, 6) is 0. The maximum atomic E-state index is 13.0. The summed E-state index contributed by atoms with van der Waals surface area (Å²) >= 11 is 1.08. The highest BCUT2D eigenvalue weighted by molar-refractivity contribution is 7.78. The molecule has 0 fully saturated rings. The number of hydrogen-bond acceptors (Lipinski definition) is 5. The second-order valence-electron chi connectivity index (χ2n) is 6.87. The van der Waals surface area contributed by atoms with Crippen molar-refractivity contribution in [2.45, 2.75) is 49.1 Å². The van der Waals surface area contributed by atoms with Gasteiger partial charge in [-0.2, -0.15) is 13.2 Å². The molecule has 1 aliphatic rings. The number of amides is 2. The Bertz CT molecular complexity index is 1000. The molecule has 0 radical (unpaired) electrons. The van der Waals surface area contributed by atoms with Crippen LogP contribution in [0.15, 0.2) is 26.1 Å². The van der Waals surface area contributed by atoms with Gasteiger partial charge in [0.25, 0.3) is 0 Å². The van der Waals surface area contributed by atoms with E-state index in [1.165, 1.54) is 6.07 Å². The van der Waals surface area contributed by atoms with Crippen molar-refractivity contribution >= 4 is 33.7 Å². The molecular formula is C17H18F3N3O3S2. The van der Waals surface area contributed by atoms with Crippen molar-refractivity contribution in [3.05, 3.63) is 40.0 Å². The number of thiophene rings is 1. The number of alkyl halides is 3. The summed E-state index contributed by atoms with van der Waals surface area (Å²) in [7, 11) is -2.44. The van der Waals surface area contributed by atoms with Crippen LogP contribution in [0.3, 0.4) is 0 Å². The van der Waals surface area contributed by atoms with Crippen LogP contribution in [0, 0.1) is 0 Å². The first-order valence-corrected chi connectivity index (χ1v) is 10.5. The third-order valence-electron chi connectivity index (χ3n) is 4.24. The molecule has 28 heavy (non-hydrogen) atoms. The molecule has 0 bridgehead atoms. The van der Waals surface area contributed by atoms with E-state index in [9.17, 15) is 27.3 Å². The van der Waals surface area contributed by atoms with Crippen LogP contribution in [-0.4, -0.2) is 20.3 Å². The number of carbonyl (C=O) groups excluding carboxylic acids is 1. The van der Waals surface area contributed by atoms with Crippen LogP contribution in [0.1, 0.15) is 42.8 Å². The Balaban J connectivity index is 1.85. The molecule has 0 saturated heterocycles. The fourth-order valence-corrected chi connectivity index (χ4v) is 4.82. The number of aromatic nitrogens is 1. The van der Waals surface area contributed by atoms with Gasteiger partial charge in [0.2, 0.25) is 0 Å². The lowest BCUT2D eigenvalue weighted by Gasteiger charge is -2.14. The van der Waals surface area contributed by atoms with Crippen molar-refractivity contribution < 1.29 is 27.3 Å². The molecule has 11 heteroatoms. The maximum absolute atomic E-state index is 13.0. The molecule has 152 valence electrons. The number of halogens is 3. The van der Waals surface area contributed by atoms with E-state index in [1.54, 1.807) is 19.2 Å². The van der Waals surface area contributed by atoms with Gasteiger partial charge in [-0.05, 0) is 61.7 Å². The van der Waals surface area contributed by atoms with E-state index in [4.69, 9.17) is 0 Å². The number of carbonyl (C=O) groups is 1. The third-order valence-corrected chi connectivity index (χ3v) is 6.63. The average Bonchev–Trinajstić information content (AvgIpc) is 3.22. The minimum absolute atomic E-state index is 0.00432. The number of aliphatic hydroxyl groups is 1. The second kappa shape index (κ2) is 7.45. The van der Waals surface area contributed by atoms with Crippen molar-refractivity contribution in [1.29, 1.82) is 0 Å². The number of rotatable bonds is 3. The molecule has 0 spiro atoms. The Kier molecular flexibility index (Phi) is 5.52. The zero-order chi connectivity index (χ0) is 20.7. The van der Waals surface area contributed by atoms with Crippen molar-refractivity contribution in [3.8, 4) is 0 Å². The molecule has 2 amide bonds. The molecule has 2 aromatic heterocycles. The fraction of sp³-hybridized carbons (Fsp3) is 0.412. The first kappa shape index (κ1) is 20.7. The molecule has 3 rings (SSSR count). The lowest BCUT2D eigenvalue weighted by atomic mass is 10.0. The van der Waals surface area contributed by atoms with Crippen molar-refractivity contribution in [3.63, 3.8) is 0 Å². The van der Waals surface area contributed by atoms with Crippen LogP contribution in [0.25, 0.3) is 0 Å². The van der Waals surface area contributed by atoms with Crippen LogP contribution in [0.2, 0.25) is 0 Å². The second-order valence-corrected chi connectivity index (χ2v) is 9.31. The molecule has 6 nitrogen and oxygen atoms in total. The van der Waals surface area contributed by atoms with E-state index in [2.05, 4.69) is 14.7 Å². The lowest BCUT2D eigenvalue weighted by molar-refractivity contribution is -0.141. The van der Waals surface area contributed by atoms with E-state index in [0.717, 1.165) is 17.4 Å². The van der Waals surface area contributed by atoms with Crippen molar-refractivity contribution in [1.82, 2.24) is 4.98 Å². The summed E-state index contributed by atoms with van der Waals surface area (Å²) in [4.78, 5) is 15.8. The Labute approximate surface area is 165 Å². The van der Waals surface area contributed by atoms with Crippen LogP contribution in [0.4, 0.5) is 23.7 Å². The minimum Gasteiger partial charge on any atom is -0.386 e. The molecular weight excluding hydrogens is 415 g/mol. The molecule has 2 aromatic rings. The van der Waals surface area contributed by atoms with Gasteiger partial charge in [0.15, 0.2) is 0 Å². The number of hydrogen-bond donors (Lipinski definition) is 3. The number of aryl methyl sites for hydroxylation is 1. The highest BCUT2D eigenvalue weighted by Crippen LogP contribution is 2.35. The van der Waals surface area contributed by atoms with Crippen LogP contribution in [0.5, 0.6) is 0 Å². The van der Waals surface area contributed by atoms with E-state index in [1.807, 2.05) is 0 Å². The van der Waals surface area contributed by atoms with Gasteiger partial charge in [-0.1, -0.05) is 0 Å². The monoisotopic (exact) mass is 433 g/mol. The van der Waals surface area contributed by atoms with Gasteiger partial charge >= 0.3 is 12.2 Å². The number of thiol groups is 1. The molecule has 0 saturated carbocycles. The van der Waals surface area contributed by atoms with Gasteiger partial charge in [0, 0.05) is 11.4 Å². The molecule has 1 atom stereocenters. The normalized spacial score (nSPS) is 15.5. The molecule has 1 aliphatic carbocycles. The number of urea groups is 1. The zero-order valence-corrected chi connectivity index (χ0v) is 16.7. The fourth-order valence-electron chi connectivity index (χ4n) is 2.82. The first-order valence-electron chi connectivity index (χ1n) is 8.36. The predicted octanol–water partition coefficient (Wildman–Crippen LogP) is 4.13. The Morgan fingerprint density at radius 2 is 2.04 bits per heavy atom. The van der Waals surface area contributed by atoms with Crippen molar-refractivity contribution in [2.75, 3.05) is 5.32 Å². The molecule has 2 N–H and O–H groups in total. The number of nitrogens with zero attached hydrogens (tertiary/aromatic N) is 2. The van der Waals surface area contributed by atoms with E-state index >= 15 is 0 Å². The molecule has 2 heterocycles. The lowest BCUT2D eigenvalue weighted by Crippen LogP contribution is -2.14.